The van der Waals surface area contributed by atoms with Crippen molar-refractivity contribution >= 4 is 28.9 Å². The van der Waals surface area contributed by atoms with Crippen LogP contribution in [0.15, 0.2) is 23.6 Å². The molecule has 0 saturated heterocycles. The van der Waals surface area contributed by atoms with Gasteiger partial charge in [-0.2, -0.15) is 0 Å². The molecule has 0 bridgehead atoms. The Hall–Kier alpha value is -2.28. The summed E-state index contributed by atoms with van der Waals surface area (Å²) in [5.74, 6) is -2.13. The van der Waals surface area contributed by atoms with Crippen LogP contribution in [0.4, 0.5) is 14.5 Å². The fourth-order valence-corrected chi connectivity index (χ4v) is 4.07. The molecule has 1 aliphatic carbocycles. The number of halogens is 2. The highest BCUT2D eigenvalue weighted by atomic mass is 32.1. The molecule has 1 amide bonds. The summed E-state index contributed by atoms with van der Waals surface area (Å²) < 4.78 is 31.6. The van der Waals surface area contributed by atoms with Gasteiger partial charge in [0.25, 0.3) is 5.91 Å². The molecule has 1 N–H and O–H groups in total. The summed E-state index contributed by atoms with van der Waals surface area (Å²) in [6, 6.07) is 2.73. The largest absolute Gasteiger partial charge is 0.452 e. The van der Waals surface area contributed by atoms with E-state index in [0.29, 0.717) is 11.5 Å². The zero-order valence-corrected chi connectivity index (χ0v) is 14.4. The maximum atomic E-state index is 13.5. The van der Waals surface area contributed by atoms with Gasteiger partial charge in [0.05, 0.1) is 11.3 Å². The SMILES string of the molecule is CC1CCc2c(C(=O)OCC(=O)Nc3cc(F)ccc3F)csc2C1. The minimum Gasteiger partial charge on any atom is -0.452 e. The third-order valence-electron chi connectivity index (χ3n) is 4.16. The van der Waals surface area contributed by atoms with Crippen LogP contribution in [-0.2, 0) is 22.4 Å². The topological polar surface area (TPSA) is 55.4 Å². The number of carbonyl (C=O) groups excluding carboxylic acids is 2. The molecule has 0 saturated carbocycles. The van der Waals surface area contributed by atoms with Gasteiger partial charge >= 0.3 is 5.97 Å². The fraction of sp³-hybridized carbons (Fsp3) is 0.333. The van der Waals surface area contributed by atoms with Crippen molar-refractivity contribution in [3.05, 3.63) is 51.2 Å². The molecule has 0 aliphatic heterocycles. The molecule has 1 aliphatic rings. The lowest BCUT2D eigenvalue weighted by molar-refractivity contribution is -0.119. The summed E-state index contributed by atoms with van der Waals surface area (Å²) in [7, 11) is 0. The number of fused-ring (bicyclic) bond motifs is 1. The molecular formula is C18H17F2NO3S. The van der Waals surface area contributed by atoms with Crippen molar-refractivity contribution in [1.82, 2.24) is 0 Å². The van der Waals surface area contributed by atoms with Crippen LogP contribution in [0.3, 0.4) is 0 Å². The maximum Gasteiger partial charge on any atom is 0.339 e. The van der Waals surface area contributed by atoms with Gasteiger partial charge in [-0.15, -0.1) is 11.3 Å². The first kappa shape index (κ1) is 17.5. The van der Waals surface area contributed by atoms with Crippen LogP contribution in [0.5, 0.6) is 0 Å². The van der Waals surface area contributed by atoms with E-state index in [-0.39, 0.29) is 5.69 Å². The number of hydrogen-bond acceptors (Lipinski definition) is 4. The van der Waals surface area contributed by atoms with Gasteiger partial charge < -0.3 is 10.1 Å². The highest BCUT2D eigenvalue weighted by Gasteiger charge is 2.24. The van der Waals surface area contributed by atoms with Crippen molar-refractivity contribution in [2.45, 2.75) is 26.2 Å². The van der Waals surface area contributed by atoms with Gasteiger partial charge in [-0.25, -0.2) is 13.6 Å². The van der Waals surface area contributed by atoms with E-state index in [9.17, 15) is 18.4 Å². The van der Waals surface area contributed by atoms with Gasteiger partial charge in [0.1, 0.15) is 11.6 Å². The first-order valence-electron chi connectivity index (χ1n) is 7.95. The summed E-state index contributed by atoms with van der Waals surface area (Å²) >= 11 is 1.53. The second kappa shape index (κ2) is 7.31. The molecule has 2 aromatic rings. The average Bonchev–Trinajstić information content (AvgIpc) is 2.99. The zero-order chi connectivity index (χ0) is 18.0. The average molecular weight is 365 g/mol. The Labute approximate surface area is 147 Å². The van der Waals surface area contributed by atoms with Crippen LogP contribution in [-0.4, -0.2) is 18.5 Å². The number of carbonyl (C=O) groups is 2. The van der Waals surface area contributed by atoms with Crippen molar-refractivity contribution in [2.75, 3.05) is 11.9 Å². The second-order valence-corrected chi connectivity index (χ2v) is 7.11. The van der Waals surface area contributed by atoms with Crippen LogP contribution in [0.25, 0.3) is 0 Å². The molecule has 3 rings (SSSR count). The van der Waals surface area contributed by atoms with Crippen molar-refractivity contribution in [1.29, 1.82) is 0 Å². The van der Waals surface area contributed by atoms with Crippen molar-refractivity contribution in [2.24, 2.45) is 5.92 Å². The van der Waals surface area contributed by atoms with E-state index < -0.39 is 30.1 Å². The summed E-state index contributed by atoms with van der Waals surface area (Å²) in [5, 5.41) is 3.95. The summed E-state index contributed by atoms with van der Waals surface area (Å²) in [4.78, 5) is 25.2. The van der Waals surface area contributed by atoms with Crippen LogP contribution in [0.1, 0.15) is 34.1 Å². The second-order valence-electron chi connectivity index (χ2n) is 6.15. The zero-order valence-electron chi connectivity index (χ0n) is 13.6. The number of ether oxygens (including phenoxy) is 1. The highest BCUT2D eigenvalue weighted by molar-refractivity contribution is 7.10. The van der Waals surface area contributed by atoms with Gasteiger partial charge in [0, 0.05) is 16.3 Å². The molecule has 1 aromatic heterocycles. The molecule has 0 radical (unpaired) electrons. The van der Waals surface area contributed by atoms with Crippen LogP contribution >= 0.6 is 11.3 Å². The molecule has 4 nitrogen and oxygen atoms in total. The monoisotopic (exact) mass is 365 g/mol. The number of nitrogens with one attached hydrogen (secondary N) is 1. The molecule has 1 unspecified atom stereocenters. The first-order chi connectivity index (χ1) is 11.9. The van der Waals surface area contributed by atoms with Crippen molar-refractivity contribution in [3.63, 3.8) is 0 Å². The Bertz CT molecular complexity index is 819. The maximum absolute atomic E-state index is 13.5. The third kappa shape index (κ3) is 4.04. The Morgan fingerprint density at radius 1 is 1.36 bits per heavy atom. The molecule has 0 fully saturated rings. The molecule has 25 heavy (non-hydrogen) atoms. The number of esters is 1. The molecule has 1 aromatic carbocycles. The standard InChI is InChI=1S/C18H17F2NO3S/c1-10-2-4-12-13(9-25-16(12)6-10)18(23)24-8-17(22)21-15-7-11(19)3-5-14(15)20/h3,5,7,9-10H,2,4,6,8H2,1H3,(H,21,22). The third-order valence-corrected chi connectivity index (χ3v) is 5.21. The van der Waals surface area contributed by atoms with E-state index in [1.165, 1.54) is 16.2 Å². The number of anilines is 1. The minimum atomic E-state index is -0.762. The predicted octanol–water partition coefficient (Wildman–Crippen LogP) is 3.95. The Morgan fingerprint density at radius 3 is 2.96 bits per heavy atom. The number of rotatable bonds is 4. The molecule has 0 spiro atoms. The molecule has 132 valence electrons. The van der Waals surface area contributed by atoms with E-state index in [1.807, 2.05) is 0 Å². The summed E-state index contributed by atoms with van der Waals surface area (Å²) in [6.07, 6.45) is 2.79. The van der Waals surface area contributed by atoms with Gasteiger partial charge in [-0.3, -0.25) is 4.79 Å². The van der Waals surface area contributed by atoms with Crippen molar-refractivity contribution < 1.29 is 23.1 Å². The highest BCUT2D eigenvalue weighted by Crippen LogP contribution is 2.33. The number of benzene rings is 1. The van der Waals surface area contributed by atoms with Gasteiger partial charge in [-0.05, 0) is 42.9 Å². The van der Waals surface area contributed by atoms with Crippen LogP contribution in [0.2, 0.25) is 0 Å². The molecule has 1 atom stereocenters. The van der Waals surface area contributed by atoms with Crippen LogP contribution in [0, 0.1) is 17.6 Å². The molecule has 7 heteroatoms. The molecular weight excluding hydrogens is 348 g/mol. The number of thiophene rings is 1. The Balaban J connectivity index is 1.59. The minimum absolute atomic E-state index is 0.289. The van der Waals surface area contributed by atoms with E-state index in [1.54, 1.807) is 5.38 Å². The van der Waals surface area contributed by atoms with Crippen LogP contribution < -0.4 is 5.32 Å². The number of amides is 1. The van der Waals surface area contributed by atoms with Crippen molar-refractivity contribution in [3.8, 4) is 0 Å². The van der Waals surface area contributed by atoms with Gasteiger partial charge in [-0.1, -0.05) is 6.92 Å². The predicted molar refractivity (Wildman–Crippen MR) is 90.8 cm³/mol. The van der Waals surface area contributed by atoms with E-state index in [0.717, 1.165) is 43.0 Å². The quantitative estimate of drug-likeness (QED) is 0.835. The first-order valence-corrected chi connectivity index (χ1v) is 8.83. The van der Waals surface area contributed by atoms with E-state index in [4.69, 9.17) is 4.74 Å². The molecule has 1 heterocycles. The lowest BCUT2D eigenvalue weighted by Gasteiger charge is -2.18. The van der Waals surface area contributed by atoms with E-state index in [2.05, 4.69) is 12.2 Å². The normalized spacial score (nSPS) is 16.2. The lowest BCUT2D eigenvalue weighted by Crippen LogP contribution is -2.22. The van der Waals surface area contributed by atoms with Gasteiger partial charge in [0.2, 0.25) is 0 Å². The smallest absolute Gasteiger partial charge is 0.339 e. The summed E-state index contributed by atoms with van der Waals surface area (Å²) in [5.41, 5.74) is 1.21. The lowest BCUT2D eigenvalue weighted by atomic mass is 9.88. The summed E-state index contributed by atoms with van der Waals surface area (Å²) in [6.45, 7) is 1.62. The fourth-order valence-electron chi connectivity index (χ4n) is 2.84. The van der Waals surface area contributed by atoms with Gasteiger partial charge in [0.15, 0.2) is 6.61 Å². The van der Waals surface area contributed by atoms with E-state index >= 15 is 0 Å². The Kier molecular flexibility index (Phi) is 5.13. The Morgan fingerprint density at radius 2 is 2.16 bits per heavy atom. The number of hydrogen-bond donors (Lipinski definition) is 1.